The molecule has 1 amide bonds. The summed E-state index contributed by atoms with van der Waals surface area (Å²) in [4.78, 5) is 23.4. The van der Waals surface area contributed by atoms with Crippen molar-refractivity contribution in [3.63, 3.8) is 0 Å². The third-order valence-electron chi connectivity index (χ3n) is 3.25. The lowest BCUT2D eigenvalue weighted by atomic mass is 9.83. The Balaban J connectivity index is 2.32. The molecule has 19 heavy (non-hydrogen) atoms. The molecule has 0 aromatic carbocycles. The van der Waals surface area contributed by atoms with Crippen LogP contribution in [0.2, 0.25) is 0 Å². The number of hydrogen-bond acceptors (Lipinski definition) is 3. The summed E-state index contributed by atoms with van der Waals surface area (Å²) < 4.78 is 5.22. The minimum absolute atomic E-state index is 0.127. The first-order chi connectivity index (χ1) is 8.81. The number of ketones is 1. The lowest BCUT2D eigenvalue weighted by Gasteiger charge is -2.29. The van der Waals surface area contributed by atoms with Crippen molar-refractivity contribution < 1.29 is 14.3 Å². The normalized spacial score (nSPS) is 23.5. The highest BCUT2D eigenvalue weighted by molar-refractivity contribution is 5.82. The maximum absolute atomic E-state index is 11.7. The lowest BCUT2D eigenvalue weighted by Crippen LogP contribution is -2.41. The first-order valence-electron chi connectivity index (χ1n) is 6.95. The molecule has 1 fully saturated rings. The molecule has 1 rings (SSSR count). The largest absolute Gasteiger partial charge is 0.444 e. The van der Waals surface area contributed by atoms with Crippen molar-refractivity contribution in [2.45, 2.75) is 64.5 Å². The Morgan fingerprint density at radius 3 is 2.32 bits per heavy atom. The minimum atomic E-state index is -0.471. The van der Waals surface area contributed by atoms with Crippen LogP contribution in [0.5, 0.6) is 0 Å². The van der Waals surface area contributed by atoms with E-state index in [1.807, 2.05) is 20.8 Å². The summed E-state index contributed by atoms with van der Waals surface area (Å²) >= 11 is 0. The Kier molecular flexibility index (Phi) is 5.58. The van der Waals surface area contributed by atoms with Gasteiger partial charge in [-0.05, 0) is 46.5 Å². The van der Waals surface area contributed by atoms with Gasteiger partial charge in [-0.25, -0.2) is 4.79 Å². The van der Waals surface area contributed by atoms with Crippen LogP contribution in [0.25, 0.3) is 0 Å². The van der Waals surface area contributed by atoms with E-state index >= 15 is 0 Å². The van der Waals surface area contributed by atoms with E-state index < -0.39 is 5.60 Å². The van der Waals surface area contributed by atoms with Crippen molar-refractivity contribution in [2.75, 3.05) is 0 Å². The Morgan fingerprint density at radius 1 is 1.26 bits per heavy atom. The van der Waals surface area contributed by atoms with Gasteiger partial charge in [0, 0.05) is 18.4 Å². The summed E-state index contributed by atoms with van der Waals surface area (Å²) in [7, 11) is 0. The van der Waals surface area contributed by atoms with Crippen LogP contribution >= 0.6 is 0 Å². The van der Waals surface area contributed by atoms with Crippen LogP contribution in [0.15, 0.2) is 12.7 Å². The number of amides is 1. The molecule has 1 aliphatic carbocycles. The predicted molar refractivity (Wildman–Crippen MR) is 74.9 cm³/mol. The Morgan fingerprint density at radius 2 is 1.84 bits per heavy atom. The van der Waals surface area contributed by atoms with Gasteiger partial charge in [-0.15, -0.1) is 6.58 Å². The molecule has 1 N–H and O–H groups in total. The van der Waals surface area contributed by atoms with Crippen LogP contribution in [0, 0.1) is 5.92 Å². The van der Waals surface area contributed by atoms with Crippen LogP contribution in [0.1, 0.15) is 52.9 Å². The number of rotatable bonds is 4. The van der Waals surface area contributed by atoms with E-state index in [-0.39, 0.29) is 23.8 Å². The smallest absolute Gasteiger partial charge is 0.407 e. The number of carbonyl (C=O) groups excluding carboxylic acids is 2. The number of ether oxygens (including phenoxy) is 1. The standard InChI is InChI=1S/C15H25NO3/c1-5-6-13(17)11-7-9-12(10-8-11)16-14(18)19-15(2,3)4/h5,11-12H,1,6-10H2,2-4H3,(H,16,18). The van der Waals surface area contributed by atoms with Crippen molar-refractivity contribution in [3.05, 3.63) is 12.7 Å². The molecule has 0 unspecified atom stereocenters. The lowest BCUT2D eigenvalue weighted by molar-refractivity contribution is -0.123. The number of Topliss-reactive ketones (excluding diaryl/α,β-unsaturated/α-hetero) is 1. The van der Waals surface area contributed by atoms with Crippen LogP contribution in [0.3, 0.4) is 0 Å². The van der Waals surface area contributed by atoms with Crippen molar-refractivity contribution in [2.24, 2.45) is 5.92 Å². The summed E-state index contributed by atoms with van der Waals surface area (Å²) in [5, 5.41) is 2.87. The molecule has 0 saturated heterocycles. The van der Waals surface area contributed by atoms with E-state index in [4.69, 9.17) is 4.74 Å². The van der Waals surface area contributed by atoms with Crippen LogP contribution in [0.4, 0.5) is 4.79 Å². The Bertz CT molecular complexity index is 336. The molecule has 0 atom stereocenters. The quantitative estimate of drug-likeness (QED) is 0.796. The molecule has 0 spiro atoms. The molecule has 1 aliphatic rings. The highest BCUT2D eigenvalue weighted by Crippen LogP contribution is 2.26. The van der Waals surface area contributed by atoms with E-state index in [9.17, 15) is 9.59 Å². The summed E-state index contributed by atoms with van der Waals surface area (Å²) in [6.45, 7) is 9.12. The van der Waals surface area contributed by atoms with Gasteiger partial charge in [0.05, 0.1) is 0 Å². The Labute approximate surface area is 115 Å². The molecule has 108 valence electrons. The van der Waals surface area contributed by atoms with E-state index in [1.54, 1.807) is 6.08 Å². The summed E-state index contributed by atoms with van der Waals surface area (Å²) in [6, 6.07) is 0.127. The molecule has 0 radical (unpaired) electrons. The SMILES string of the molecule is C=CCC(=O)C1CCC(NC(=O)OC(C)(C)C)CC1. The highest BCUT2D eigenvalue weighted by atomic mass is 16.6. The third kappa shape index (κ3) is 5.90. The van der Waals surface area contributed by atoms with E-state index in [1.165, 1.54) is 0 Å². The fourth-order valence-corrected chi connectivity index (χ4v) is 2.34. The maximum Gasteiger partial charge on any atom is 0.407 e. The van der Waals surface area contributed by atoms with Gasteiger partial charge in [0.25, 0.3) is 0 Å². The van der Waals surface area contributed by atoms with E-state index in [0.717, 1.165) is 25.7 Å². The zero-order valence-corrected chi connectivity index (χ0v) is 12.2. The van der Waals surface area contributed by atoms with Crippen LogP contribution < -0.4 is 5.32 Å². The fraction of sp³-hybridized carbons (Fsp3) is 0.733. The van der Waals surface area contributed by atoms with Gasteiger partial charge >= 0.3 is 6.09 Å². The number of nitrogens with one attached hydrogen (secondary N) is 1. The first kappa shape index (κ1) is 15.7. The monoisotopic (exact) mass is 267 g/mol. The van der Waals surface area contributed by atoms with E-state index in [0.29, 0.717) is 6.42 Å². The summed E-state index contributed by atoms with van der Waals surface area (Å²) in [5.41, 5.74) is -0.471. The summed E-state index contributed by atoms with van der Waals surface area (Å²) in [5.74, 6) is 0.403. The van der Waals surface area contributed by atoms with Crippen molar-refractivity contribution in [1.29, 1.82) is 0 Å². The molecule has 0 aromatic heterocycles. The van der Waals surface area contributed by atoms with Crippen molar-refractivity contribution in [3.8, 4) is 0 Å². The van der Waals surface area contributed by atoms with Crippen molar-refractivity contribution in [1.82, 2.24) is 5.32 Å². The molecule has 0 aliphatic heterocycles. The van der Waals surface area contributed by atoms with Gasteiger partial charge in [-0.3, -0.25) is 4.79 Å². The zero-order chi connectivity index (χ0) is 14.5. The number of hydrogen-bond donors (Lipinski definition) is 1. The molecule has 0 aromatic rings. The number of allylic oxidation sites excluding steroid dienone is 1. The molecular formula is C15H25NO3. The molecule has 4 nitrogen and oxygen atoms in total. The van der Waals surface area contributed by atoms with Gasteiger partial charge in [0.2, 0.25) is 0 Å². The fourth-order valence-electron chi connectivity index (χ4n) is 2.34. The Hall–Kier alpha value is -1.32. The van der Waals surface area contributed by atoms with E-state index in [2.05, 4.69) is 11.9 Å². The third-order valence-corrected chi connectivity index (χ3v) is 3.25. The average Bonchev–Trinajstić information content (AvgIpc) is 2.27. The highest BCUT2D eigenvalue weighted by Gasteiger charge is 2.27. The predicted octanol–water partition coefficient (Wildman–Crippen LogP) is 3.22. The molecule has 0 heterocycles. The second-order valence-corrected chi connectivity index (χ2v) is 6.15. The molecular weight excluding hydrogens is 242 g/mol. The van der Waals surface area contributed by atoms with Crippen LogP contribution in [-0.4, -0.2) is 23.5 Å². The van der Waals surface area contributed by atoms with Gasteiger partial charge in [-0.1, -0.05) is 6.08 Å². The summed E-state index contributed by atoms with van der Waals surface area (Å²) in [6.07, 6.45) is 5.11. The molecule has 1 saturated carbocycles. The second kappa shape index (κ2) is 6.73. The number of alkyl carbamates (subject to hydrolysis) is 1. The first-order valence-corrected chi connectivity index (χ1v) is 6.95. The van der Waals surface area contributed by atoms with Gasteiger partial charge in [0.1, 0.15) is 11.4 Å². The molecule has 4 heteroatoms. The molecule has 0 bridgehead atoms. The van der Waals surface area contributed by atoms with Gasteiger partial charge in [0.15, 0.2) is 0 Å². The van der Waals surface area contributed by atoms with Gasteiger partial charge in [-0.2, -0.15) is 0 Å². The zero-order valence-electron chi connectivity index (χ0n) is 12.2. The minimum Gasteiger partial charge on any atom is -0.444 e. The van der Waals surface area contributed by atoms with Gasteiger partial charge < -0.3 is 10.1 Å². The second-order valence-electron chi connectivity index (χ2n) is 6.15. The number of carbonyl (C=O) groups is 2. The van der Waals surface area contributed by atoms with Crippen LogP contribution in [-0.2, 0) is 9.53 Å². The topological polar surface area (TPSA) is 55.4 Å². The maximum atomic E-state index is 11.7. The van der Waals surface area contributed by atoms with Crippen molar-refractivity contribution >= 4 is 11.9 Å². The average molecular weight is 267 g/mol.